The number of nitrogens with zero attached hydrogens (tertiary/aromatic N) is 3. The van der Waals surface area contributed by atoms with Crippen LogP contribution in [-0.4, -0.2) is 52.8 Å². The molecule has 0 radical (unpaired) electrons. The van der Waals surface area contributed by atoms with Gasteiger partial charge in [-0.25, -0.2) is 8.42 Å². The maximum absolute atomic E-state index is 11.5. The first kappa shape index (κ1) is 14.5. The molecule has 2 aromatic heterocycles. The summed E-state index contributed by atoms with van der Waals surface area (Å²) >= 11 is 0. The van der Waals surface area contributed by atoms with Crippen molar-refractivity contribution in [2.45, 2.75) is 0 Å². The molecule has 0 aliphatic heterocycles. The summed E-state index contributed by atoms with van der Waals surface area (Å²) in [5.74, 6) is -0.144. The van der Waals surface area contributed by atoms with E-state index in [1.165, 1.54) is 0 Å². The Balaban J connectivity index is 2.14. The topological polar surface area (TPSA) is 120 Å². The summed E-state index contributed by atoms with van der Waals surface area (Å²) in [5, 5.41) is 9.31. The number of aliphatic hydroxyl groups excluding tert-OH is 1. The highest BCUT2D eigenvalue weighted by atomic mass is 32.2. The number of aromatic nitrogens is 3. The normalized spacial score (nSPS) is 11.9. The minimum absolute atomic E-state index is 0.0528. The van der Waals surface area contributed by atoms with Gasteiger partial charge in [0.2, 0.25) is 11.8 Å². The van der Waals surface area contributed by atoms with Crippen LogP contribution in [-0.2, 0) is 16.9 Å². The van der Waals surface area contributed by atoms with Gasteiger partial charge in [-0.3, -0.25) is 0 Å². The van der Waals surface area contributed by atoms with E-state index in [-0.39, 0.29) is 29.9 Å². The third-order valence-corrected chi connectivity index (χ3v) is 4.34. The molecule has 3 N–H and O–H groups in total. The van der Waals surface area contributed by atoms with Gasteiger partial charge in [-0.05, 0) is 6.07 Å². The van der Waals surface area contributed by atoms with Crippen LogP contribution in [0.2, 0.25) is 0 Å². The number of fused-ring (bicyclic) bond motifs is 1. The molecule has 0 aromatic carbocycles. The molecule has 0 aliphatic rings. The second-order valence-electron chi connectivity index (χ2n) is 4.27. The van der Waals surface area contributed by atoms with E-state index >= 15 is 0 Å². The first-order chi connectivity index (χ1) is 9.43. The molecular weight excluding hydrogens is 284 g/mol. The number of sulfone groups is 1. The zero-order valence-electron chi connectivity index (χ0n) is 11.0. The van der Waals surface area contributed by atoms with Gasteiger partial charge in [0.15, 0.2) is 9.84 Å². The standard InChI is InChI=1S/C11H16N4O4S/c1-15-3-2-8-9(15)13-11(12)14-10(8)19-5-7-20(17,18)6-4-16/h2-3,16H,4-7H2,1H3,(H2,12,13,14). The zero-order valence-corrected chi connectivity index (χ0v) is 11.8. The summed E-state index contributed by atoms with van der Waals surface area (Å²) in [7, 11) is -1.51. The number of aryl methyl sites for hydroxylation is 1. The molecular formula is C11H16N4O4S. The fraction of sp³-hybridized carbons (Fsp3) is 0.455. The third kappa shape index (κ3) is 3.17. The Morgan fingerprint density at radius 2 is 2.15 bits per heavy atom. The maximum atomic E-state index is 11.5. The Kier molecular flexibility index (Phi) is 4.09. The number of anilines is 1. The molecule has 0 atom stereocenters. The number of rotatable bonds is 6. The maximum Gasteiger partial charge on any atom is 0.227 e. The van der Waals surface area contributed by atoms with Gasteiger partial charge in [-0.1, -0.05) is 0 Å². The largest absolute Gasteiger partial charge is 0.476 e. The van der Waals surface area contributed by atoms with Crippen molar-refractivity contribution in [2.75, 3.05) is 30.5 Å². The fourth-order valence-electron chi connectivity index (χ4n) is 1.74. The summed E-state index contributed by atoms with van der Waals surface area (Å²) in [6.45, 7) is -0.450. The monoisotopic (exact) mass is 300 g/mol. The number of aliphatic hydroxyl groups is 1. The van der Waals surface area contributed by atoms with Crippen LogP contribution in [0.25, 0.3) is 11.0 Å². The van der Waals surface area contributed by atoms with Crippen LogP contribution in [0.5, 0.6) is 5.88 Å². The smallest absolute Gasteiger partial charge is 0.227 e. The summed E-state index contributed by atoms with van der Waals surface area (Å²) < 4.78 is 30.1. The number of nitrogen functional groups attached to an aromatic ring is 1. The Morgan fingerprint density at radius 3 is 2.85 bits per heavy atom. The van der Waals surface area contributed by atoms with E-state index in [1.807, 2.05) is 7.05 Å². The SMILES string of the molecule is Cn1ccc2c(OCCS(=O)(=O)CCO)nc(N)nc21. The molecule has 2 heterocycles. The second kappa shape index (κ2) is 5.63. The lowest BCUT2D eigenvalue weighted by Gasteiger charge is -2.07. The van der Waals surface area contributed by atoms with Crippen molar-refractivity contribution in [1.29, 1.82) is 0 Å². The second-order valence-corrected chi connectivity index (χ2v) is 6.58. The van der Waals surface area contributed by atoms with E-state index < -0.39 is 16.4 Å². The first-order valence-corrected chi connectivity index (χ1v) is 7.78. The van der Waals surface area contributed by atoms with Crippen LogP contribution in [0.1, 0.15) is 0 Å². The highest BCUT2D eigenvalue weighted by Gasteiger charge is 2.13. The molecule has 0 saturated carbocycles. The number of ether oxygens (including phenoxy) is 1. The Hall–Kier alpha value is -1.87. The van der Waals surface area contributed by atoms with E-state index in [0.717, 1.165) is 0 Å². The third-order valence-electron chi connectivity index (χ3n) is 2.74. The van der Waals surface area contributed by atoms with Crippen LogP contribution in [0.4, 0.5) is 5.95 Å². The molecule has 0 saturated heterocycles. The van der Waals surface area contributed by atoms with Crippen molar-refractivity contribution in [3.8, 4) is 5.88 Å². The van der Waals surface area contributed by atoms with Crippen LogP contribution in [0, 0.1) is 0 Å². The van der Waals surface area contributed by atoms with Crippen molar-refractivity contribution >= 4 is 26.8 Å². The summed E-state index contributed by atoms with van der Waals surface area (Å²) in [4.78, 5) is 8.05. The molecule has 20 heavy (non-hydrogen) atoms. The highest BCUT2D eigenvalue weighted by molar-refractivity contribution is 7.91. The Morgan fingerprint density at radius 1 is 1.40 bits per heavy atom. The molecule has 0 fully saturated rings. The van der Waals surface area contributed by atoms with E-state index in [2.05, 4.69) is 9.97 Å². The first-order valence-electron chi connectivity index (χ1n) is 5.95. The van der Waals surface area contributed by atoms with Crippen molar-refractivity contribution in [3.63, 3.8) is 0 Å². The van der Waals surface area contributed by atoms with Gasteiger partial charge in [0.05, 0.1) is 23.5 Å². The predicted octanol–water partition coefficient (Wildman–Crippen LogP) is -0.664. The van der Waals surface area contributed by atoms with E-state index in [9.17, 15) is 8.42 Å². The molecule has 0 aliphatic carbocycles. The van der Waals surface area contributed by atoms with Gasteiger partial charge >= 0.3 is 0 Å². The number of hydrogen-bond donors (Lipinski definition) is 2. The van der Waals surface area contributed by atoms with Gasteiger partial charge in [-0.2, -0.15) is 9.97 Å². The molecule has 9 heteroatoms. The van der Waals surface area contributed by atoms with E-state index in [1.54, 1.807) is 16.8 Å². The lowest BCUT2D eigenvalue weighted by atomic mass is 10.4. The molecule has 0 unspecified atom stereocenters. The van der Waals surface area contributed by atoms with Crippen LogP contribution in [0.3, 0.4) is 0 Å². The number of nitrogens with two attached hydrogens (primary N) is 1. The highest BCUT2D eigenvalue weighted by Crippen LogP contribution is 2.23. The van der Waals surface area contributed by atoms with E-state index in [4.69, 9.17) is 15.6 Å². The lowest BCUT2D eigenvalue weighted by Crippen LogP contribution is -2.19. The van der Waals surface area contributed by atoms with Crippen molar-refractivity contribution in [2.24, 2.45) is 7.05 Å². The molecule has 2 aromatic rings. The Bertz CT molecular complexity index is 711. The summed E-state index contributed by atoms with van der Waals surface area (Å²) in [6, 6.07) is 1.77. The molecule has 0 spiro atoms. The average molecular weight is 300 g/mol. The van der Waals surface area contributed by atoms with Gasteiger partial charge < -0.3 is 20.1 Å². The van der Waals surface area contributed by atoms with E-state index in [0.29, 0.717) is 11.0 Å². The van der Waals surface area contributed by atoms with Gasteiger partial charge in [0.1, 0.15) is 12.3 Å². The van der Waals surface area contributed by atoms with Crippen LogP contribution < -0.4 is 10.5 Å². The van der Waals surface area contributed by atoms with Gasteiger partial charge in [0, 0.05) is 13.2 Å². The summed E-state index contributed by atoms with van der Waals surface area (Å²) in [5.41, 5.74) is 6.21. The number of hydrogen-bond acceptors (Lipinski definition) is 7. The minimum Gasteiger partial charge on any atom is -0.476 e. The fourth-order valence-corrected chi connectivity index (χ4v) is 2.56. The van der Waals surface area contributed by atoms with Crippen molar-refractivity contribution in [3.05, 3.63) is 12.3 Å². The lowest BCUT2D eigenvalue weighted by molar-refractivity contribution is 0.316. The van der Waals surface area contributed by atoms with Crippen LogP contribution >= 0.6 is 0 Å². The molecule has 0 bridgehead atoms. The molecule has 110 valence electrons. The quantitative estimate of drug-likeness (QED) is 0.726. The minimum atomic E-state index is -3.31. The van der Waals surface area contributed by atoms with Gasteiger partial charge in [-0.15, -0.1) is 0 Å². The van der Waals surface area contributed by atoms with Crippen LogP contribution in [0.15, 0.2) is 12.3 Å². The molecule has 2 rings (SSSR count). The van der Waals surface area contributed by atoms with Gasteiger partial charge in [0.25, 0.3) is 0 Å². The summed E-state index contributed by atoms with van der Waals surface area (Å²) in [6.07, 6.45) is 1.79. The molecule has 8 nitrogen and oxygen atoms in total. The van der Waals surface area contributed by atoms with Crippen molar-refractivity contribution < 1.29 is 18.3 Å². The Labute approximate surface area is 116 Å². The van der Waals surface area contributed by atoms with Crippen molar-refractivity contribution in [1.82, 2.24) is 14.5 Å². The predicted molar refractivity (Wildman–Crippen MR) is 74.2 cm³/mol. The molecule has 0 amide bonds. The zero-order chi connectivity index (χ0) is 14.8. The average Bonchev–Trinajstić information content (AvgIpc) is 2.71.